The Morgan fingerprint density at radius 2 is 1.66 bits per heavy atom. The van der Waals surface area contributed by atoms with Crippen LogP contribution in [-0.2, 0) is 52.8 Å². The van der Waals surface area contributed by atoms with Gasteiger partial charge in [0.15, 0.2) is 6.29 Å². The summed E-state index contributed by atoms with van der Waals surface area (Å²) in [6, 6.07) is 11.3. The number of hydrogen-bond acceptors (Lipinski definition) is 17. The van der Waals surface area contributed by atoms with E-state index in [4.69, 9.17) is 28.4 Å². The lowest BCUT2D eigenvalue weighted by molar-refractivity contribution is -0.302. The van der Waals surface area contributed by atoms with E-state index < -0.39 is 102 Å². The second-order valence-electron chi connectivity index (χ2n) is 22.5. The van der Waals surface area contributed by atoms with Crippen LogP contribution in [0.15, 0.2) is 55.0 Å². The predicted molar refractivity (Wildman–Crippen MR) is 275 cm³/mol. The fourth-order valence-corrected chi connectivity index (χ4v) is 11.9. The van der Waals surface area contributed by atoms with Crippen molar-refractivity contribution in [3.05, 3.63) is 66.2 Å². The van der Waals surface area contributed by atoms with Gasteiger partial charge in [0.2, 0.25) is 0 Å². The molecule has 0 bridgehead atoms. The molecule has 0 amide bonds. The summed E-state index contributed by atoms with van der Waals surface area (Å²) in [5.41, 5.74) is -0.414. The number of esters is 1. The molecule has 2 aromatic heterocycles. The third kappa shape index (κ3) is 14.1. The number of aliphatic hydroxyl groups excluding tert-OH is 3. The number of methoxy groups -OCH3 is 1. The minimum Gasteiger partial charge on any atom is -0.459 e. The van der Waals surface area contributed by atoms with Crippen molar-refractivity contribution < 1.29 is 58.7 Å². The fourth-order valence-electron chi connectivity index (χ4n) is 11.9. The quantitative estimate of drug-likeness (QED) is 0.103. The monoisotopic (exact) mass is 1020 g/mol. The molecular weight excluding hydrogens is 937 g/mol. The van der Waals surface area contributed by atoms with E-state index in [0.717, 1.165) is 22.4 Å². The molecule has 1 aromatic carbocycles. The Hall–Kier alpha value is -3.50. The summed E-state index contributed by atoms with van der Waals surface area (Å²) in [6.45, 7) is 20.5. The summed E-state index contributed by atoms with van der Waals surface area (Å²) in [4.78, 5) is 22.9. The summed E-state index contributed by atoms with van der Waals surface area (Å²) >= 11 is 0. The standard InChI is InChI=1S/C55H88N6O12/c1-14-45-55(10,67)48(63)37(6)60(12)30-33(2)27-53(8,66)50(35(4)46(36(5)51(65)72-45)44-28-54(9,68-13)49(64)38(7)71-44)73-52-47(62)43(26-34(3)70-52)59(11)23-21-42-31-61(58-57-42)24-25-69-32-39-17-19-40(20-18-39)41-16-15-22-56-29-41/h15-20,22,29,31,33-38,43-50,52,62-64,66-67H,14,21,23-28,30,32H2,1-13H3/t33-,34-,35+,36-,37-,38+,43+,44-,45-,46?,47-,48-,49+,50-,52+,53-,54-,55-/m1/s1. The van der Waals surface area contributed by atoms with Crippen molar-refractivity contribution >= 4 is 5.97 Å². The molecule has 0 aliphatic carbocycles. The van der Waals surface area contributed by atoms with E-state index in [-0.39, 0.29) is 31.3 Å². The summed E-state index contributed by atoms with van der Waals surface area (Å²) in [6.07, 6.45) is -1.19. The Balaban J connectivity index is 1.19. The first kappa shape index (κ1) is 58.8. The van der Waals surface area contributed by atoms with Gasteiger partial charge >= 0.3 is 5.97 Å². The molecule has 0 radical (unpaired) electrons. The number of aliphatic hydroxyl groups is 5. The number of carbonyl (C=O) groups is 1. The van der Waals surface area contributed by atoms with Crippen LogP contribution in [0.2, 0.25) is 0 Å². The molecule has 6 rings (SSSR count). The van der Waals surface area contributed by atoms with E-state index in [1.54, 1.807) is 38.6 Å². The first-order valence-corrected chi connectivity index (χ1v) is 26.5. The third-order valence-corrected chi connectivity index (χ3v) is 16.5. The van der Waals surface area contributed by atoms with E-state index in [0.29, 0.717) is 45.7 Å². The van der Waals surface area contributed by atoms with Gasteiger partial charge in [-0.15, -0.1) is 5.10 Å². The normalized spacial score (nSPS) is 38.7. The zero-order chi connectivity index (χ0) is 53.6. The number of rotatable bonds is 15. The van der Waals surface area contributed by atoms with E-state index in [9.17, 15) is 30.3 Å². The molecule has 3 fully saturated rings. The molecule has 410 valence electrons. The number of hydrogen-bond donors (Lipinski definition) is 5. The zero-order valence-corrected chi connectivity index (χ0v) is 45.7. The van der Waals surface area contributed by atoms with Gasteiger partial charge < -0.3 is 63.8 Å². The maximum atomic E-state index is 14.6. The summed E-state index contributed by atoms with van der Waals surface area (Å²) < 4.78 is 40.0. The predicted octanol–water partition coefficient (Wildman–Crippen LogP) is 4.66. The Morgan fingerprint density at radius 3 is 2.32 bits per heavy atom. The highest BCUT2D eigenvalue weighted by atomic mass is 16.7. The van der Waals surface area contributed by atoms with Gasteiger partial charge in [0, 0.05) is 69.6 Å². The Labute approximate surface area is 433 Å². The van der Waals surface area contributed by atoms with Gasteiger partial charge in [-0.1, -0.05) is 63.2 Å². The molecule has 18 heteroatoms. The second kappa shape index (κ2) is 25.1. The number of carbonyl (C=O) groups excluding carboxylic acids is 1. The Kier molecular flexibility index (Phi) is 20.2. The van der Waals surface area contributed by atoms with Gasteiger partial charge in [0.05, 0.1) is 67.0 Å². The average Bonchev–Trinajstić information content (AvgIpc) is 3.82. The molecule has 18 atom stereocenters. The van der Waals surface area contributed by atoms with E-state index in [1.807, 2.05) is 78.1 Å². The average molecular weight is 1030 g/mol. The summed E-state index contributed by atoms with van der Waals surface area (Å²) in [7, 11) is 5.35. The molecule has 0 saturated carbocycles. The number of ether oxygens (including phenoxy) is 6. The molecule has 1 unspecified atom stereocenters. The second-order valence-corrected chi connectivity index (χ2v) is 22.5. The molecular formula is C55H88N6O12. The molecule has 0 spiro atoms. The lowest BCUT2D eigenvalue weighted by Gasteiger charge is -2.51. The molecule has 3 aliphatic rings. The van der Waals surface area contributed by atoms with E-state index in [1.165, 1.54) is 14.0 Å². The highest BCUT2D eigenvalue weighted by Crippen LogP contribution is 2.45. The molecule has 3 aromatic rings. The Morgan fingerprint density at radius 1 is 0.945 bits per heavy atom. The van der Waals surface area contributed by atoms with Crippen LogP contribution in [0.25, 0.3) is 11.1 Å². The topological polar surface area (TPSA) is 224 Å². The van der Waals surface area contributed by atoms with Crippen LogP contribution in [0.5, 0.6) is 0 Å². The third-order valence-electron chi connectivity index (χ3n) is 16.5. The van der Waals surface area contributed by atoms with Crippen molar-refractivity contribution in [3.8, 4) is 11.1 Å². The lowest BCUT2D eigenvalue weighted by atomic mass is 9.68. The number of aromatic nitrogens is 4. The van der Waals surface area contributed by atoms with Crippen molar-refractivity contribution in [2.24, 2.45) is 23.7 Å². The van der Waals surface area contributed by atoms with Crippen LogP contribution in [0.4, 0.5) is 0 Å². The highest BCUT2D eigenvalue weighted by molar-refractivity contribution is 5.73. The van der Waals surface area contributed by atoms with Gasteiger partial charge in [-0.2, -0.15) is 0 Å². The first-order valence-electron chi connectivity index (χ1n) is 26.5. The smallest absolute Gasteiger partial charge is 0.309 e. The van der Waals surface area contributed by atoms with E-state index >= 15 is 0 Å². The van der Waals surface area contributed by atoms with Gasteiger partial charge in [0.25, 0.3) is 0 Å². The highest BCUT2D eigenvalue weighted by Gasteiger charge is 2.55. The molecule has 3 saturated heterocycles. The number of pyridine rings is 1. The molecule has 3 aliphatic heterocycles. The van der Waals surface area contributed by atoms with Gasteiger partial charge in [-0.3, -0.25) is 9.78 Å². The number of likely N-dealkylation sites (N-methyl/N-ethyl adjacent to an activating group) is 2. The zero-order valence-electron chi connectivity index (χ0n) is 45.7. The minimum atomic E-state index is -1.81. The number of benzene rings is 1. The fraction of sp³-hybridized carbons (Fsp3) is 0.745. The molecule has 5 N–H and O–H groups in total. The van der Waals surface area contributed by atoms with Crippen LogP contribution in [0, 0.1) is 23.7 Å². The largest absolute Gasteiger partial charge is 0.459 e. The van der Waals surface area contributed by atoms with Gasteiger partial charge in [0.1, 0.15) is 30.0 Å². The minimum absolute atomic E-state index is 0.168. The number of cyclic esters (lactones) is 1. The SMILES string of the molecule is CC[C@H]1OC(=O)[C@H](C)C([C@H]2C[C@@](C)(OC)[C@@H](O)[C@H](C)O2)[C@H](C)[C@@H](O[C@@H]2O[C@H](C)C[C@H](N(C)CCc3cn(CCOCc4ccc(-c5cccnc5)cc4)nn3)[C@H]2O)[C@](C)(O)C[C@@H](C)CN(C)[C@H](C)[C@@H](O)[C@]1(C)O. The van der Waals surface area contributed by atoms with Crippen molar-refractivity contribution in [3.63, 3.8) is 0 Å². The van der Waals surface area contributed by atoms with Crippen molar-refractivity contribution in [1.29, 1.82) is 0 Å². The summed E-state index contributed by atoms with van der Waals surface area (Å²) in [5.74, 6) is -3.11. The van der Waals surface area contributed by atoms with Gasteiger partial charge in [-0.05, 0) is 109 Å². The first-order chi connectivity index (χ1) is 34.4. The summed E-state index contributed by atoms with van der Waals surface area (Å²) in [5, 5.41) is 68.9. The van der Waals surface area contributed by atoms with Crippen molar-refractivity contribution in [2.45, 2.75) is 199 Å². The van der Waals surface area contributed by atoms with Crippen LogP contribution < -0.4 is 0 Å². The van der Waals surface area contributed by atoms with Crippen LogP contribution in [0.3, 0.4) is 0 Å². The van der Waals surface area contributed by atoms with Crippen LogP contribution in [0.1, 0.15) is 106 Å². The van der Waals surface area contributed by atoms with E-state index in [2.05, 4.69) is 44.5 Å². The number of nitrogens with zero attached hydrogens (tertiary/aromatic N) is 6. The van der Waals surface area contributed by atoms with Crippen molar-refractivity contribution in [1.82, 2.24) is 29.8 Å². The lowest BCUT2D eigenvalue weighted by Crippen LogP contribution is -2.62. The molecule has 18 nitrogen and oxygen atoms in total. The van der Waals surface area contributed by atoms with Crippen molar-refractivity contribution in [2.75, 3.05) is 40.9 Å². The molecule has 5 heterocycles. The maximum absolute atomic E-state index is 14.6. The Bertz CT molecular complexity index is 2170. The molecule has 73 heavy (non-hydrogen) atoms. The van der Waals surface area contributed by atoms with Crippen LogP contribution >= 0.6 is 0 Å². The van der Waals surface area contributed by atoms with Crippen LogP contribution in [-0.4, -0.2) is 186 Å². The maximum Gasteiger partial charge on any atom is 0.309 e. The van der Waals surface area contributed by atoms with Gasteiger partial charge in [-0.25, -0.2) is 4.68 Å².